The van der Waals surface area contributed by atoms with E-state index in [0.29, 0.717) is 0 Å². The molecule has 0 fully saturated rings. The number of ether oxygens (including phenoxy) is 1. The molecule has 64 valence electrons. The van der Waals surface area contributed by atoms with Crippen LogP contribution >= 0.6 is 0 Å². The van der Waals surface area contributed by atoms with E-state index in [9.17, 15) is 0 Å². The van der Waals surface area contributed by atoms with E-state index in [-0.39, 0.29) is 20.9 Å². The summed E-state index contributed by atoms with van der Waals surface area (Å²) in [4.78, 5) is 0. The van der Waals surface area contributed by atoms with Crippen LogP contribution < -0.4 is 8.35 Å². The zero-order valence-corrected chi connectivity index (χ0v) is 9.66. The summed E-state index contributed by atoms with van der Waals surface area (Å²) in [6.07, 6.45) is 0. The van der Waals surface area contributed by atoms with E-state index in [1.165, 1.54) is 7.23 Å². The average Bonchev–Trinajstić information content (AvgIpc) is 2.05. The van der Waals surface area contributed by atoms with E-state index in [1.54, 1.807) is 7.11 Å². The van der Waals surface area contributed by atoms with Crippen LogP contribution in [0.4, 0.5) is 0 Å². The number of allylic oxidation sites excluding steroid dienone is 1. The fourth-order valence-electron chi connectivity index (χ4n) is 0.845. The molecular weight excluding hydrogens is 264 g/mol. The quantitative estimate of drug-likeness (QED) is 0.761. The van der Waals surface area contributed by atoms with E-state index in [1.807, 2.05) is 12.1 Å². The first kappa shape index (κ1) is 9.64. The molecule has 1 rings (SSSR count). The van der Waals surface area contributed by atoms with Crippen molar-refractivity contribution in [2.45, 2.75) is 6.92 Å². The molecule has 0 spiro atoms. The third-order valence-electron chi connectivity index (χ3n) is 1.35. The SMILES string of the molecule is C=C(C)[Te]c1ccc(OC)cc1. The van der Waals surface area contributed by atoms with Crippen molar-refractivity contribution in [2.75, 3.05) is 7.11 Å². The standard InChI is InChI=1S/C10H12OTe/c1-8(2)12-10-6-4-9(11-3)5-7-10/h4-7H,1H2,2-3H3. The molecule has 0 aliphatic heterocycles. The normalized spacial score (nSPS) is 9.50. The third-order valence-corrected chi connectivity index (χ3v) is 3.80. The number of rotatable bonds is 3. The molecule has 0 aliphatic carbocycles. The molecule has 0 unspecified atom stereocenters. The predicted octanol–water partition coefficient (Wildman–Crippen LogP) is 1.56. The first-order valence-corrected chi connectivity index (χ1v) is 6.03. The average molecular weight is 276 g/mol. The van der Waals surface area contributed by atoms with E-state index < -0.39 is 0 Å². The summed E-state index contributed by atoms with van der Waals surface area (Å²) in [6.45, 7) is 6.01. The monoisotopic (exact) mass is 278 g/mol. The Morgan fingerprint density at radius 1 is 1.33 bits per heavy atom. The molecule has 0 radical (unpaired) electrons. The maximum atomic E-state index is 5.07. The minimum atomic E-state index is -0.174. The van der Waals surface area contributed by atoms with Crippen molar-refractivity contribution in [3.63, 3.8) is 0 Å². The third kappa shape index (κ3) is 2.89. The Bertz CT molecular complexity index is 264. The van der Waals surface area contributed by atoms with Crippen LogP contribution in [0.25, 0.3) is 0 Å². The van der Waals surface area contributed by atoms with Gasteiger partial charge in [-0.2, -0.15) is 0 Å². The van der Waals surface area contributed by atoms with Crippen LogP contribution in [0.1, 0.15) is 6.92 Å². The zero-order chi connectivity index (χ0) is 8.97. The summed E-state index contributed by atoms with van der Waals surface area (Å²) in [7, 11) is 1.68. The number of methoxy groups -OCH3 is 1. The van der Waals surface area contributed by atoms with Gasteiger partial charge in [0.1, 0.15) is 0 Å². The van der Waals surface area contributed by atoms with Gasteiger partial charge < -0.3 is 0 Å². The first-order chi connectivity index (χ1) is 5.72. The van der Waals surface area contributed by atoms with Crippen molar-refractivity contribution in [3.8, 4) is 5.75 Å². The van der Waals surface area contributed by atoms with Crippen molar-refractivity contribution in [3.05, 3.63) is 34.5 Å². The summed E-state index contributed by atoms with van der Waals surface area (Å²) >= 11 is -0.174. The van der Waals surface area contributed by atoms with Crippen LogP contribution in [0.2, 0.25) is 0 Å². The van der Waals surface area contributed by atoms with Crippen LogP contribution in [0, 0.1) is 0 Å². The van der Waals surface area contributed by atoms with Crippen LogP contribution in [-0.2, 0) is 0 Å². The van der Waals surface area contributed by atoms with Gasteiger partial charge in [0.2, 0.25) is 0 Å². The van der Waals surface area contributed by atoms with E-state index in [4.69, 9.17) is 4.74 Å². The van der Waals surface area contributed by atoms with Gasteiger partial charge in [-0.15, -0.1) is 0 Å². The molecule has 0 N–H and O–H groups in total. The van der Waals surface area contributed by atoms with Gasteiger partial charge >= 0.3 is 83.5 Å². The van der Waals surface area contributed by atoms with Gasteiger partial charge in [-0.05, 0) is 0 Å². The second-order valence-corrected chi connectivity index (χ2v) is 6.40. The van der Waals surface area contributed by atoms with Gasteiger partial charge in [0, 0.05) is 0 Å². The van der Waals surface area contributed by atoms with Crippen LogP contribution in [-0.4, -0.2) is 28.0 Å². The zero-order valence-electron chi connectivity index (χ0n) is 7.33. The Morgan fingerprint density at radius 3 is 2.33 bits per heavy atom. The van der Waals surface area contributed by atoms with Crippen molar-refractivity contribution in [2.24, 2.45) is 0 Å². The van der Waals surface area contributed by atoms with Gasteiger partial charge in [-0.25, -0.2) is 0 Å². The minimum absolute atomic E-state index is 0.174. The maximum absolute atomic E-state index is 5.07. The molecule has 12 heavy (non-hydrogen) atoms. The molecule has 0 bridgehead atoms. The molecule has 0 aromatic heterocycles. The molecule has 0 saturated carbocycles. The number of hydrogen-bond acceptors (Lipinski definition) is 1. The van der Waals surface area contributed by atoms with E-state index in [2.05, 4.69) is 25.6 Å². The molecule has 2 heteroatoms. The fourth-order valence-corrected chi connectivity index (χ4v) is 2.77. The molecule has 0 saturated heterocycles. The van der Waals surface area contributed by atoms with Crippen molar-refractivity contribution >= 4 is 24.5 Å². The molecule has 1 aromatic carbocycles. The number of hydrogen-bond donors (Lipinski definition) is 0. The molecule has 0 amide bonds. The summed E-state index contributed by atoms with van der Waals surface area (Å²) in [5.74, 6) is 0.924. The first-order valence-electron chi connectivity index (χ1n) is 3.70. The molecule has 0 atom stereocenters. The Balaban J connectivity index is 2.71. The van der Waals surface area contributed by atoms with Gasteiger partial charge in [-0.1, -0.05) is 0 Å². The second kappa shape index (κ2) is 4.54. The number of benzene rings is 1. The summed E-state index contributed by atoms with van der Waals surface area (Å²) in [5, 5.41) is 0. The molecule has 0 aliphatic rings. The fraction of sp³-hybridized carbons (Fsp3) is 0.200. The van der Waals surface area contributed by atoms with Gasteiger partial charge in [-0.3, -0.25) is 0 Å². The Hall–Kier alpha value is -0.450. The Labute approximate surface area is 83.5 Å². The van der Waals surface area contributed by atoms with E-state index >= 15 is 0 Å². The van der Waals surface area contributed by atoms with Crippen molar-refractivity contribution in [1.82, 2.24) is 0 Å². The van der Waals surface area contributed by atoms with Crippen LogP contribution in [0.15, 0.2) is 34.5 Å². The van der Waals surface area contributed by atoms with Gasteiger partial charge in [0.25, 0.3) is 0 Å². The molecule has 1 nitrogen and oxygen atoms in total. The summed E-state index contributed by atoms with van der Waals surface area (Å²) in [6, 6.07) is 8.25. The molecule has 1 aromatic rings. The van der Waals surface area contributed by atoms with Crippen molar-refractivity contribution in [1.29, 1.82) is 0 Å². The van der Waals surface area contributed by atoms with Crippen LogP contribution in [0.5, 0.6) is 5.75 Å². The molecular formula is C10H12OTe. The molecule has 0 heterocycles. The van der Waals surface area contributed by atoms with E-state index in [0.717, 1.165) is 5.75 Å². The second-order valence-electron chi connectivity index (χ2n) is 2.48. The topological polar surface area (TPSA) is 9.23 Å². The Kier molecular flexibility index (Phi) is 3.65. The van der Waals surface area contributed by atoms with Gasteiger partial charge in [0.05, 0.1) is 0 Å². The summed E-state index contributed by atoms with van der Waals surface area (Å²) < 4.78 is 7.79. The van der Waals surface area contributed by atoms with Crippen LogP contribution in [0.3, 0.4) is 0 Å². The van der Waals surface area contributed by atoms with Gasteiger partial charge in [0.15, 0.2) is 0 Å². The van der Waals surface area contributed by atoms with Crippen molar-refractivity contribution < 1.29 is 4.74 Å². The Morgan fingerprint density at radius 2 is 1.92 bits per heavy atom. The predicted molar refractivity (Wildman–Crippen MR) is 53.2 cm³/mol. The summed E-state index contributed by atoms with van der Waals surface area (Å²) in [5.41, 5.74) is 0.